The molecule has 1 spiro atoms. The highest BCUT2D eigenvalue weighted by atomic mass is 16.2. The standard InChI is InChI=1S/C18H29N3O3/c22-15(19-14-9-5-2-1-3-6-10-14)13-21-16(23)18(20-17(21)24)11-7-4-8-12-18/h14H,1-13H2,(H,19,22)(H,20,24). The molecule has 4 amide bonds. The van der Waals surface area contributed by atoms with Gasteiger partial charge in [-0.15, -0.1) is 0 Å². The van der Waals surface area contributed by atoms with Crippen LogP contribution in [0, 0.1) is 0 Å². The predicted molar refractivity (Wildman–Crippen MR) is 90.3 cm³/mol. The number of hydrogen-bond donors (Lipinski definition) is 2. The van der Waals surface area contributed by atoms with E-state index in [1.54, 1.807) is 0 Å². The van der Waals surface area contributed by atoms with E-state index in [1.807, 2.05) is 0 Å². The third kappa shape index (κ3) is 3.73. The van der Waals surface area contributed by atoms with Gasteiger partial charge in [0.15, 0.2) is 0 Å². The smallest absolute Gasteiger partial charge is 0.325 e. The van der Waals surface area contributed by atoms with Crippen molar-refractivity contribution in [1.82, 2.24) is 15.5 Å². The molecule has 1 heterocycles. The number of nitrogens with zero attached hydrogens (tertiary/aromatic N) is 1. The van der Waals surface area contributed by atoms with Gasteiger partial charge in [0, 0.05) is 6.04 Å². The molecule has 134 valence electrons. The van der Waals surface area contributed by atoms with Crippen molar-refractivity contribution < 1.29 is 14.4 Å². The van der Waals surface area contributed by atoms with Crippen LogP contribution in [0.25, 0.3) is 0 Å². The second-order valence-corrected chi connectivity index (χ2v) is 7.57. The van der Waals surface area contributed by atoms with Crippen LogP contribution in [0.3, 0.4) is 0 Å². The van der Waals surface area contributed by atoms with E-state index in [0.717, 1.165) is 49.8 Å². The zero-order valence-electron chi connectivity index (χ0n) is 14.4. The van der Waals surface area contributed by atoms with Crippen LogP contribution in [-0.2, 0) is 9.59 Å². The Kier molecular flexibility index (Phi) is 5.41. The molecular weight excluding hydrogens is 306 g/mol. The summed E-state index contributed by atoms with van der Waals surface area (Å²) in [7, 11) is 0. The van der Waals surface area contributed by atoms with Crippen molar-refractivity contribution in [3.05, 3.63) is 0 Å². The normalized spacial score (nSPS) is 25.2. The van der Waals surface area contributed by atoms with Gasteiger partial charge in [0.25, 0.3) is 5.91 Å². The van der Waals surface area contributed by atoms with E-state index in [1.165, 1.54) is 19.3 Å². The van der Waals surface area contributed by atoms with Gasteiger partial charge >= 0.3 is 6.03 Å². The fourth-order valence-corrected chi connectivity index (χ4v) is 4.33. The number of carbonyl (C=O) groups excluding carboxylic acids is 3. The van der Waals surface area contributed by atoms with Gasteiger partial charge in [0.2, 0.25) is 5.91 Å². The molecule has 0 aromatic carbocycles. The number of urea groups is 1. The molecule has 0 atom stereocenters. The molecule has 0 aromatic rings. The zero-order valence-corrected chi connectivity index (χ0v) is 14.4. The summed E-state index contributed by atoms with van der Waals surface area (Å²) < 4.78 is 0. The van der Waals surface area contributed by atoms with Crippen molar-refractivity contribution in [2.45, 2.75) is 88.6 Å². The van der Waals surface area contributed by atoms with Crippen LogP contribution >= 0.6 is 0 Å². The van der Waals surface area contributed by atoms with Crippen LogP contribution < -0.4 is 10.6 Å². The average molecular weight is 335 g/mol. The third-order valence-electron chi connectivity index (χ3n) is 5.73. The van der Waals surface area contributed by atoms with Crippen molar-refractivity contribution in [3.63, 3.8) is 0 Å². The lowest BCUT2D eigenvalue weighted by molar-refractivity contribution is -0.136. The first-order chi connectivity index (χ1) is 11.6. The molecule has 1 aliphatic heterocycles. The molecule has 3 fully saturated rings. The Hall–Kier alpha value is -1.59. The molecule has 0 aromatic heterocycles. The molecule has 2 aliphatic carbocycles. The summed E-state index contributed by atoms with van der Waals surface area (Å²) in [6.07, 6.45) is 12.4. The molecular formula is C18H29N3O3. The van der Waals surface area contributed by atoms with E-state index in [2.05, 4.69) is 10.6 Å². The van der Waals surface area contributed by atoms with Gasteiger partial charge in [-0.1, -0.05) is 51.4 Å². The quantitative estimate of drug-likeness (QED) is 0.778. The summed E-state index contributed by atoms with van der Waals surface area (Å²) in [5.74, 6) is -0.419. The maximum Gasteiger partial charge on any atom is 0.325 e. The van der Waals surface area contributed by atoms with Crippen LogP contribution in [0.4, 0.5) is 4.79 Å². The predicted octanol–water partition coefficient (Wildman–Crippen LogP) is 2.47. The minimum absolute atomic E-state index is 0.150. The number of carbonyl (C=O) groups is 3. The van der Waals surface area contributed by atoms with Gasteiger partial charge in [-0.2, -0.15) is 0 Å². The van der Waals surface area contributed by atoms with Gasteiger partial charge in [0.1, 0.15) is 12.1 Å². The summed E-state index contributed by atoms with van der Waals surface area (Å²) >= 11 is 0. The molecule has 0 bridgehead atoms. The fourth-order valence-electron chi connectivity index (χ4n) is 4.33. The molecule has 24 heavy (non-hydrogen) atoms. The highest BCUT2D eigenvalue weighted by Gasteiger charge is 2.51. The summed E-state index contributed by atoms with van der Waals surface area (Å²) in [4.78, 5) is 38.3. The molecule has 0 unspecified atom stereocenters. The second-order valence-electron chi connectivity index (χ2n) is 7.57. The minimum atomic E-state index is -0.740. The molecule has 6 nitrogen and oxygen atoms in total. The fraction of sp³-hybridized carbons (Fsp3) is 0.833. The van der Waals surface area contributed by atoms with Crippen LogP contribution in [0.1, 0.15) is 77.0 Å². The van der Waals surface area contributed by atoms with Crippen molar-refractivity contribution in [2.75, 3.05) is 6.54 Å². The topological polar surface area (TPSA) is 78.5 Å². The van der Waals surface area contributed by atoms with E-state index in [-0.39, 0.29) is 24.4 Å². The molecule has 6 heteroatoms. The lowest BCUT2D eigenvalue weighted by atomic mass is 9.82. The van der Waals surface area contributed by atoms with Crippen molar-refractivity contribution in [1.29, 1.82) is 0 Å². The number of nitrogens with one attached hydrogen (secondary N) is 2. The monoisotopic (exact) mass is 335 g/mol. The number of imide groups is 1. The van der Waals surface area contributed by atoms with Crippen LogP contribution in [-0.4, -0.2) is 40.9 Å². The van der Waals surface area contributed by atoms with Gasteiger partial charge in [-0.25, -0.2) is 4.79 Å². The average Bonchev–Trinajstić information content (AvgIpc) is 2.75. The molecule has 3 aliphatic rings. The first kappa shape index (κ1) is 17.2. The van der Waals surface area contributed by atoms with Crippen molar-refractivity contribution in [2.24, 2.45) is 0 Å². The van der Waals surface area contributed by atoms with Crippen molar-refractivity contribution in [3.8, 4) is 0 Å². The Bertz CT molecular complexity index is 492. The minimum Gasteiger partial charge on any atom is -0.352 e. The Morgan fingerprint density at radius 1 is 1.00 bits per heavy atom. The van der Waals surface area contributed by atoms with Crippen molar-refractivity contribution >= 4 is 17.8 Å². The highest BCUT2D eigenvalue weighted by Crippen LogP contribution is 2.33. The summed E-state index contributed by atoms with van der Waals surface area (Å²) in [5.41, 5.74) is -0.740. The Balaban J connectivity index is 1.55. The lowest BCUT2D eigenvalue weighted by Crippen LogP contribution is -2.49. The van der Waals surface area contributed by atoms with E-state index in [0.29, 0.717) is 12.8 Å². The molecule has 2 saturated carbocycles. The second kappa shape index (κ2) is 7.53. The van der Waals surface area contributed by atoms with E-state index >= 15 is 0 Å². The SMILES string of the molecule is O=C(CN1C(=O)NC2(CCCCC2)C1=O)NC1CCCCCCC1. The van der Waals surface area contributed by atoms with E-state index in [4.69, 9.17) is 0 Å². The summed E-state index contributed by atoms with van der Waals surface area (Å²) in [6, 6.07) is -0.225. The third-order valence-corrected chi connectivity index (χ3v) is 5.73. The Morgan fingerprint density at radius 2 is 1.58 bits per heavy atom. The van der Waals surface area contributed by atoms with Crippen LogP contribution in [0.5, 0.6) is 0 Å². The van der Waals surface area contributed by atoms with E-state index in [9.17, 15) is 14.4 Å². The zero-order chi connectivity index (χ0) is 17.0. The summed E-state index contributed by atoms with van der Waals surface area (Å²) in [5, 5.41) is 5.89. The maximum absolute atomic E-state index is 12.7. The van der Waals surface area contributed by atoms with Gasteiger partial charge < -0.3 is 10.6 Å². The number of rotatable bonds is 3. The molecule has 0 radical (unpaired) electrons. The number of hydrogen-bond acceptors (Lipinski definition) is 3. The molecule has 2 N–H and O–H groups in total. The molecule has 1 saturated heterocycles. The first-order valence-electron chi connectivity index (χ1n) is 9.54. The lowest BCUT2D eigenvalue weighted by Gasteiger charge is -2.30. The number of amides is 4. The van der Waals surface area contributed by atoms with Crippen LogP contribution in [0.2, 0.25) is 0 Å². The largest absolute Gasteiger partial charge is 0.352 e. The van der Waals surface area contributed by atoms with E-state index < -0.39 is 11.6 Å². The Labute approximate surface area is 143 Å². The van der Waals surface area contributed by atoms with Crippen LogP contribution in [0.15, 0.2) is 0 Å². The highest BCUT2D eigenvalue weighted by molar-refractivity contribution is 6.09. The molecule has 3 rings (SSSR count). The Morgan fingerprint density at radius 3 is 2.25 bits per heavy atom. The van der Waals surface area contributed by atoms with Gasteiger partial charge in [0.05, 0.1) is 0 Å². The maximum atomic E-state index is 12.7. The summed E-state index contributed by atoms with van der Waals surface area (Å²) in [6.45, 7) is -0.150. The van der Waals surface area contributed by atoms with Gasteiger partial charge in [-0.3, -0.25) is 14.5 Å². The first-order valence-corrected chi connectivity index (χ1v) is 9.54. The van der Waals surface area contributed by atoms with Gasteiger partial charge in [-0.05, 0) is 25.7 Å².